The van der Waals surface area contributed by atoms with E-state index in [0.717, 1.165) is 39.0 Å². The molecule has 2 nitrogen and oxygen atoms in total. The first kappa shape index (κ1) is 23.1. The number of hydrogen-bond acceptors (Lipinski definition) is 2. The van der Waals surface area contributed by atoms with Crippen molar-refractivity contribution in [3.8, 4) is 0 Å². The Morgan fingerprint density at radius 1 is 0.310 bits per heavy atom. The van der Waals surface area contributed by atoms with Gasteiger partial charge in [-0.15, -0.1) is 0 Å². The van der Waals surface area contributed by atoms with Crippen molar-refractivity contribution in [1.29, 1.82) is 0 Å². The molecule has 0 bridgehead atoms. The molecule has 1 aromatic heterocycles. The van der Waals surface area contributed by atoms with E-state index in [4.69, 9.17) is 4.42 Å². The lowest BCUT2D eigenvalue weighted by atomic mass is 9.96. The summed E-state index contributed by atoms with van der Waals surface area (Å²) in [6.45, 7) is 0. The third-order valence-corrected chi connectivity index (χ3v) is 8.60. The fourth-order valence-electron chi connectivity index (χ4n) is 6.56. The lowest BCUT2D eigenvalue weighted by molar-refractivity contribution is 0.669. The Kier molecular flexibility index (Phi) is 4.93. The van der Waals surface area contributed by atoms with E-state index < -0.39 is 0 Å². The third-order valence-electron chi connectivity index (χ3n) is 8.60. The first-order chi connectivity index (χ1) is 20.8. The molecule has 0 N–H and O–H groups in total. The van der Waals surface area contributed by atoms with E-state index in [9.17, 15) is 0 Å². The Balaban J connectivity index is 1.32. The summed E-state index contributed by atoms with van der Waals surface area (Å²) in [5.41, 5.74) is 5.13. The van der Waals surface area contributed by atoms with Gasteiger partial charge in [0.05, 0.1) is 0 Å². The molecule has 2 heteroatoms. The van der Waals surface area contributed by atoms with Gasteiger partial charge in [-0.2, -0.15) is 0 Å². The molecule has 0 amide bonds. The quantitative estimate of drug-likeness (QED) is 0.209. The molecular weight excluding hydrogens is 510 g/mol. The average Bonchev–Trinajstić information content (AvgIpc) is 3.42. The van der Waals surface area contributed by atoms with E-state index in [0.29, 0.717) is 0 Å². The van der Waals surface area contributed by atoms with Crippen molar-refractivity contribution in [3.63, 3.8) is 0 Å². The van der Waals surface area contributed by atoms with Gasteiger partial charge in [0.25, 0.3) is 0 Å². The number of hydrogen-bond donors (Lipinski definition) is 0. The standard InChI is InChI=1S/C40H25NO/c1-2-9-29-23-30(17-13-26(29)7-1)41(32-19-22-40-38(25-32)36-11-5-6-12-39(36)42-40)31-18-14-28-16-20-34-33-10-4-3-8-27(33)15-21-35(34)37(28)24-31/h1-25H. The van der Waals surface area contributed by atoms with Crippen molar-refractivity contribution in [2.45, 2.75) is 0 Å². The molecule has 0 aliphatic rings. The van der Waals surface area contributed by atoms with Crippen LogP contribution in [-0.2, 0) is 0 Å². The van der Waals surface area contributed by atoms with Gasteiger partial charge in [0.2, 0.25) is 0 Å². The van der Waals surface area contributed by atoms with Gasteiger partial charge in [0, 0.05) is 27.8 Å². The summed E-state index contributed by atoms with van der Waals surface area (Å²) in [5, 5.41) is 12.3. The van der Waals surface area contributed by atoms with Crippen molar-refractivity contribution in [1.82, 2.24) is 0 Å². The van der Waals surface area contributed by atoms with Gasteiger partial charge >= 0.3 is 0 Å². The predicted molar refractivity (Wildman–Crippen MR) is 178 cm³/mol. The second-order valence-electron chi connectivity index (χ2n) is 11.0. The van der Waals surface area contributed by atoms with Crippen molar-refractivity contribution < 1.29 is 4.42 Å². The van der Waals surface area contributed by atoms with E-state index in [1.54, 1.807) is 0 Å². The van der Waals surface area contributed by atoms with Gasteiger partial charge in [-0.3, -0.25) is 0 Å². The van der Waals surface area contributed by atoms with E-state index in [2.05, 4.69) is 144 Å². The Morgan fingerprint density at radius 3 is 1.67 bits per heavy atom. The van der Waals surface area contributed by atoms with E-state index >= 15 is 0 Å². The number of furan rings is 1. The van der Waals surface area contributed by atoms with Crippen molar-refractivity contribution in [2.24, 2.45) is 0 Å². The van der Waals surface area contributed by atoms with Gasteiger partial charge in [-0.25, -0.2) is 0 Å². The minimum absolute atomic E-state index is 0.898. The van der Waals surface area contributed by atoms with Gasteiger partial charge in [0.15, 0.2) is 0 Å². The molecule has 0 atom stereocenters. The Labute approximate surface area is 242 Å². The van der Waals surface area contributed by atoms with Crippen LogP contribution in [0.5, 0.6) is 0 Å². The topological polar surface area (TPSA) is 16.4 Å². The van der Waals surface area contributed by atoms with Gasteiger partial charge in [0.1, 0.15) is 11.2 Å². The van der Waals surface area contributed by atoms with Crippen LogP contribution in [0.2, 0.25) is 0 Å². The molecule has 0 radical (unpaired) electrons. The minimum atomic E-state index is 0.898. The molecule has 196 valence electrons. The highest BCUT2D eigenvalue weighted by atomic mass is 16.3. The average molecular weight is 536 g/mol. The molecule has 0 spiro atoms. The highest BCUT2D eigenvalue weighted by Crippen LogP contribution is 2.41. The molecule has 0 fully saturated rings. The highest BCUT2D eigenvalue weighted by Gasteiger charge is 2.17. The zero-order valence-corrected chi connectivity index (χ0v) is 22.8. The Hall–Kier alpha value is -5.60. The molecule has 0 aliphatic carbocycles. The Bertz CT molecular complexity index is 2490. The second kappa shape index (κ2) is 8.95. The maximum Gasteiger partial charge on any atom is 0.135 e. The van der Waals surface area contributed by atoms with Crippen LogP contribution in [0, 0.1) is 0 Å². The maximum atomic E-state index is 6.18. The van der Waals surface area contributed by atoms with Crippen LogP contribution in [-0.4, -0.2) is 0 Å². The molecule has 42 heavy (non-hydrogen) atoms. The monoisotopic (exact) mass is 535 g/mol. The van der Waals surface area contributed by atoms with Crippen molar-refractivity contribution >= 4 is 82.1 Å². The lowest BCUT2D eigenvalue weighted by Crippen LogP contribution is -2.09. The molecule has 1 heterocycles. The van der Waals surface area contributed by atoms with Crippen LogP contribution < -0.4 is 4.90 Å². The van der Waals surface area contributed by atoms with Gasteiger partial charge in [-0.05, 0) is 91.6 Å². The minimum Gasteiger partial charge on any atom is -0.456 e. The summed E-state index contributed by atoms with van der Waals surface area (Å²) in [6, 6.07) is 54.6. The van der Waals surface area contributed by atoms with Crippen LogP contribution in [0.25, 0.3) is 65.0 Å². The smallest absolute Gasteiger partial charge is 0.135 e. The third kappa shape index (κ3) is 3.52. The highest BCUT2D eigenvalue weighted by molar-refractivity contribution is 6.18. The molecule has 0 saturated heterocycles. The zero-order valence-electron chi connectivity index (χ0n) is 22.8. The van der Waals surface area contributed by atoms with Crippen molar-refractivity contribution in [3.05, 3.63) is 152 Å². The normalized spacial score (nSPS) is 11.8. The number of fused-ring (bicyclic) bond motifs is 9. The van der Waals surface area contributed by atoms with Crippen LogP contribution in [0.4, 0.5) is 17.1 Å². The summed E-state index contributed by atoms with van der Waals surface area (Å²) in [7, 11) is 0. The molecular formula is C40H25NO. The number of rotatable bonds is 3. The fraction of sp³-hybridized carbons (Fsp3) is 0. The summed E-state index contributed by atoms with van der Waals surface area (Å²) in [6.07, 6.45) is 0. The largest absolute Gasteiger partial charge is 0.456 e. The fourth-order valence-corrected chi connectivity index (χ4v) is 6.56. The van der Waals surface area contributed by atoms with E-state index in [-0.39, 0.29) is 0 Å². The molecule has 8 aromatic carbocycles. The van der Waals surface area contributed by atoms with Crippen LogP contribution >= 0.6 is 0 Å². The predicted octanol–water partition coefficient (Wildman–Crippen LogP) is 11.7. The lowest BCUT2D eigenvalue weighted by Gasteiger charge is -2.26. The number of anilines is 3. The Morgan fingerprint density at radius 2 is 0.833 bits per heavy atom. The molecule has 0 unspecified atom stereocenters. The van der Waals surface area contributed by atoms with Crippen LogP contribution in [0.1, 0.15) is 0 Å². The molecule has 9 aromatic rings. The van der Waals surface area contributed by atoms with Gasteiger partial charge < -0.3 is 9.32 Å². The number of para-hydroxylation sites is 1. The molecule has 9 rings (SSSR count). The first-order valence-corrected chi connectivity index (χ1v) is 14.3. The molecule has 0 saturated carbocycles. The molecule has 0 aliphatic heterocycles. The summed E-state index contributed by atoms with van der Waals surface area (Å²) in [5.74, 6) is 0. The SMILES string of the molecule is c1ccc2cc(N(c3ccc4ccc5c6ccccc6ccc5c4c3)c3ccc4oc5ccccc5c4c3)ccc2c1. The van der Waals surface area contributed by atoms with Crippen LogP contribution in [0.3, 0.4) is 0 Å². The zero-order chi connectivity index (χ0) is 27.6. The van der Waals surface area contributed by atoms with E-state index in [1.165, 1.54) is 43.1 Å². The van der Waals surface area contributed by atoms with Gasteiger partial charge in [-0.1, -0.05) is 103 Å². The first-order valence-electron chi connectivity index (χ1n) is 14.3. The second-order valence-corrected chi connectivity index (χ2v) is 11.0. The number of benzene rings is 8. The van der Waals surface area contributed by atoms with Crippen molar-refractivity contribution in [2.75, 3.05) is 4.90 Å². The number of nitrogens with zero attached hydrogens (tertiary/aromatic N) is 1. The van der Waals surface area contributed by atoms with E-state index in [1.807, 2.05) is 12.1 Å². The summed E-state index contributed by atoms with van der Waals surface area (Å²) >= 11 is 0. The summed E-state index contributed by atoms with van der Waals surface area (Å²) in [4.78, 5) is 2.37. The maximum absolute atomic E-state index is 6.18. The summed E-state index contributed by atoms with van der Waals surface area (Å²) < 4.78 is 6.18. The van der Waals surface area contributed by atoms with Crippen LogP contribution in [0.15, 0.2) is 156 Å².